The third-order valence-corrected chi connectivity index (χ3v) is 9.15. The molecule has 2 aliphatic rings. The summed E-state index contributed by atoms with van der Waals surface area (Å²) in [5.41, 5.74) is 4.62. The fraction of sp³-hybridized carbons (Fsp3) is 0.525. The summed E-state index contributed by atoms with van der Waals surface area (Å²) in [6, 6.07) is 13.7. The van der Waals surface area contributed by atoms with E-state index in [9.17, 15) is 33.6 Å². The Morgan fingerprint density at radius 3 is 1.83 bits per heavy atom. The van der Waals surface area contributed by atoms with E-state index in [1.54, 1.807) is 13.8 Å². The molecule has 0 bridgehead atoms. The Balaban J connectivity index is 0.992. The molecule has 0 spiro atoms. The van der Waals surface area contributed by atoms with Gasteiger partial charge in [0.1, 0.15) is 18.7 Å². The van der Waals surface area contributed by atoms with E-state index in [1.807, 2.05) is 24.3 Å². The number of amides is 5. The van der Waals surface area contributed by atoms with Crippen LogP contribution in [0.1, 0.15) is 63.0 Å². The number of ether oxygens (including phenoxy) is 5. The lowest BCUT2D eigenvalue weighted by Crippen LogP contribution is -2.54. The number of nitrogens with zero attached hydrogens (tertiary/aromatic N) is 1. The summed E-state index contributed by atoms with van der Waals surface area (Å²) in [5, 5.41) is 17.1. The van der Waals surface area contributed by atoms with Crippen molar-refractivity contribution < 1.29 is 67.2 Å². The van der Waals surface area contributed by atoms with Gasteiger partial charge in [-0.1, -0.05) is 62.4 Å². The minimum Gasteiger partial charge on any atom is -0.481 e. The molecular weight excluding hydrogens is 760 g/mol. The van der Waals surface area contributed by atoms with Gasteiger partial charge in [0.25, 0.3) is 11.8 Å². The van der Waals surface area contributed by atoms with Crippen LogP contribution in [-0.4, -0.2) is 130 Å². The monoisotopic (exact) mass is 812 g/mol. The SMILES string of the molecule is CC(C)[C@H](NC(=O)[C@H](CCC(=O)O)NC(=O)CCOCCOCCOCCOCCNC(=O)OCC1c2ccccc2-c2ccccc21)C(=O)ON1C(=O)CCC1=O. The standard InChI is InChI=1S/C40H52N4O14/c1-26(2)37(39(51)58-44-34(46)12-13-35(44)47)43-38(50)32(11-14-36(48)49)42-33(45)15-17-53-19-21-55-23-24-56-22-20-54-18-16-41-40(52)57-25-31-29-9-5-3-7-27(29)28-8-4-6-10-30(28)31/h3-10,26,31-32,37H,11-25H2,1-2H3,(H,41,52)(H,42,45)(H,43,50)(H,48,49)/t32-,37-/m0/s1. The maximum absolute atomic E-state index is 13.1. The number of carbonyl (C=O) groups is 7. The summed E-state index contributed by atoms with van der Waals surface area (Å²) in [7, 11) is 0. The van der Waals surface area contributed by atoms with Gasteiger partial charge in [0, 0.05) is 38.1 Å². The van der Waals surface area contributed by atoms with Gasteiger partial charge in [-0.2, -0.15) is 0 Å². The molecule has 1 fully saturated rings. The minimum absolute atomic E-state index is 0.00864. The van der Waals surface area contributed by atoms with Gasteiger partial charge in [-0.25, -0.2) is 9.59 Å². The number of nitrogens with one attached hydrogen (secondary N) is 3. The smallest absolute Gasteiger partial charge is 0.407 e. The van der Waals surface area contributed by atoms with Crippen molar-refractivity contribution in [3.8, 4) is 11.1 Å². The number of rotatable bonds is 26. The molecule has 316 valence electrons. The Morgan fingerprint density at radius 1 is 0.741 bits per heavy atom. The van der Waals surface area contributed by atoms with Crippen LogP contribution in [0.25, 0.3) is 11.1 Å². The van der Waals surface area contributed by atoms with Crippen LogP contribution in [0.2, 0.25) is 0 Å². The number of benzene rings is 2. The topological polar surface area (TPSA) is 234 Å². The number of imide groups is 1. The number of hydrogen-bond acceptors (Lipinski definition) is 13. The fourth-order valence-corrected chi connectivity index (χ4v) is 6.16. The highest BCUT2D eigenvalue weighted by Gasteiger charge is 2.37. The second-order valence-electron chi connectivity index (χ2n) is 13.7. The Morgan fingerprint density at radius 2 is 1.28 bits per heavy atom. The van der Waals surface area contributed by atoms with E-state index in [2.05, 4.69) is 40.2 Å². The van der Waals surface area contributed by atoms with Crippen molar-refractivity contribution in [2.75, 3.05) is 66.0 Å². The Bertz CT molecular complexity index is 1670. The lowest BCUT2D eigenvalue weighted by atomic mass is 9.98. The van der Waals surface area contributed by atoms with E-state index in [1.165, 1.54) is 0 Å². The van der Waals surface area contributed by atoms with Crippen LogP contribution in [0.5, 0.6) is 0 Å². The summed E-state index contributed by atoms with van der Waals surface area (Å²) < 4.78 is 27.4. The van der Waals surface area contributed by atoms with Gasteiger partial charge < -0.3 is 49.6 Å². The normalized spacial score (nSPS) is 14.4. The number of hydrogen-bond donors (Lipinski definition) is 4. The molecule has 0 unspecified atom stereocenters. The summed E-state index contributed by atoms with van der Waals surface area (Å²) in [6.07, 6.45) is -1.57. The maximum Gasteiger partial charge on any atom is 0.407 e. The molecule has 2 aromatic rings. The zero-order valence-corrected chi connectivity index (χ0v) is 32.7. The average molecular weight is 813 g/mol. The highest BCUT2D eigenvalue weighted by Crippen LogP contribution is 2.44. The molecule has 1 saturated heterocycles. The molecule has 4 rings (SSSR count). The molecular formula is C40H52N4O14. The molecule has 2 atom stereocenters. The van der Waals surface area contributed by atoms with Gasteiger partial charge in [0.15, 0.2) is 0 Å². The molecule has 18 heteroatoms. The number of carboxylic acid groups (broad SMARTS) is 1. The number of carbonyl (C=O) groups excluding carboxylic acids is 6. The summed E-state index contributed by atoms with van der Waals surface area (Å²) in [5.74, 6) is -5.60. The quantitative estimate of drug-likeness (QED) is 0.0787. The Labute approximate surface area is 336 Å². The van der Waals surface area contributed by atoms with Crippen molar-refractivity contribution in [3.63, 3.8) is 0 Å². The molecule has 0 saturated carbocycles. The van der Waals surface area contributed by atoms with E-state index >= 15 is 0 Å². The molecule has 1 aliphatic carbocycles. The van der Waals surface area contributed by atoms with E-state index < -0.39 is 66.1 Å². The van der Waals surface area contributed by atoms with Crippen LogP contribution in [0.15, 0.2) is 48.5 Å². The van der Waals surface area contributed by atoms with Crippen LogP contribution < -0.4 is 16.0 Å². The second-order valence-corrected chi connectivity index (χ2v) is 13.7. The molecule has 1 aliphatic heterocycles. The Kier molecular flexibility index (Phi) is 18.5. The molecule has 0 aromatic heterocycles. The first-order chi connectivity index (χ1) is 28.0. The van der Waals surface area contributed by atoms with Crippen LogP contribution >= 0.6 is 0 Å². The largest absolute Gasteiger partial charge is 0.481 e. The Hall–Kier alpha value is -5.43. The predicted octanol–water partition coefficient (Wildman–Crippen LogP) is 2.08. The number of carboxylic acids is 1. The zero-order valence-electron chi connectivity index (χ0n) is 32.7. The first-order valence-electron chi connectivity index (χ1n) is 19.2. The number of alkyl carbamates (subject to hydrolysis) is 1. The van der Waals surface area contributed by atoms with Crippen molar-refractivity contribution in [1.29, 1.82) is 0 Å². The predicted molar refractivity (Wildman–Crippen MR) is 204 cm³/mol. The van der Waals surface area contributed by atoms with E-state index in [4.69, 9.17) is 33.6 Å². The molecule has 1 heterocycles. The van der Waals surface area contributed by atoms with Crippen LogP contribution in [0.4, 0.5) is 4.79 Å². The van der Waals surface area contributed by atoms with Crippen molar-refractivity contribution in [2.24, 2.45) is 5.92 Å². The second kappa shape index (κ2) is 23.7. The third-order valence-electron chi connectivity index (χ3n) is 9.15. The van der Waals surface area contributed by atoms with Gasteiger partial charge in [-0.3, -0.25) is 24.0 Å². The molecule has 5 amide bonds. The molecule has 4 N–H and O–H groups in total. The maximum atomic E-state index is 13.1. The zero-order chi connectivity index (χ0) is 41.9. The lowest BCUT2D eigenvalue weighted by Gasteiger charge is -2.25. The van der Waals surface area contributed by atoms with Gasteiger partial charge in [0.05, 0.1) is 52.9 Å². The minimum atomic E-state index is -1.30. The van der Waals surface area contributed by atoms with Crippen molar-refractivity contribution in [2.45, 2.75) is 64.0 Å². The van der Waals surface area contributed by atoms with Gasteiger partial charge >= 0.3 is 18.0 Å². The summed E-state index contributed by atoms with van der Waals surface area (Å²) in [6.45, 7) is 5.65. The highest BCUT2D eigenvalue weighted by molar-refractivity contribution is 6.02. The van der Waals surface area contributed by atoms with Gasteiger partial charge in [-0.05, 0) is 34.6 Å². The van der Waals surface area contributed by atoms with Crippen LogP contribution in [0.3, 0.4) is 0 Å². The van der Waals surface area contributed by atoms with E-state index in [0.29, 0.717) is 31.5 Å². The number of fused-ring (bicyclic) bond motifs is 3. The molecule has 2 aromatic carbocycles. The van der Waals surface area contributed by atoms with Gasteiger partial charge in [0.2, 0.25) is 11.8 Å². The first kappa shape index (κ1) is 45.3. The number of aliphatic carboxylic acids is 1. The number of hydroxylamine groups is 2. The summed E-state index contributed by atoms with van der Waals surface area (Å²) in [4.78, 5) is 90.4. The summed E-state index contributed by atoms with van der Waals surface area (Å²) >= 11 is 0. The van der Waals surface area contributed by atoms with Crippen molar-refractivity contribution in [3.05, 3.63) is 59.7 Å². The van der Waals surface area contributed by atoms with E-state index in [0.717, 1.165) is 22.3 Å². The van der Waals surface area contributed by atoms with Crippen molar-refractivity contribution >= 4 is 41.7 Å². The van der Waals surface area contributed by atoms with Gasteiger partial charge in [-0.15, -0.1) is 5.06 Å². The van der Waals surface area contributed by atoms with E-state index in [-0.39, 0.29) is 71.2 Å². The third kappa shape index (κ3) is 14.2. The molecule has 18 nitrogen and oxygen atoms in total. The van der Waals surface area contributed by atoms with Crippen molar-refractivity contribution in [1.82, 2.24) is 21.0 Å². The average Bonchev–Trinajstić information content (AvgIpc) is 3.70. The highest BCUT2D eigenvalue weighted by atomic mass is 16.7. The van der Waals surface area contributed by atoms with Crippen LogP contribution in [0, 0.1) is 5.92 Å². The lowest BCUT2D eigenvalue weighted by molar-refractivity contribution is -0.199. The first-order valence-corrected chi connectivity index (χ1v) is 19.2. The fourth-order valence-electron chi connectivity index (χ4n) is 6.16. The molecule has 0 radical (unpaired) electrons. The molecule has 58 heavy (non-hydrogen) atoms. The van der Waals surface area contributed by atoms with Crippen LogP contribution in [-0.2, 0) is 57.3 Å².